The zero-order valence-corrected chi connectivity index (χ0v) is 22.8. The maximum absolute atomic E-state index is 13.8. The highest BCUT2D eigenvalue weighted by molar-refractivity contribution is 7.07. The predicted molar refractivity (Wildman–Crippen MR) is 156 cm³/mol. The number of benzene rings is 3. The molecule has 39 heavy (non-hydrogen) atoms. The Kier molecular flexibility index (Phi) is 6.81. The monoisotopic (exact) mass is 573 g/mol. The molecule has 6 nitrogen and oxygen atoms in total. The van der Waals surface area contributed by atoms with Crippen LogP contribution in [0.15, 0.2) is 99.4 Å². The molecule has 2 aliphatic rings. The number of rotatable bonds is 4. The third kappa shape index (κ3) is 5.01. The summed E-state index contributed by atoms with van der Waals surface area (Å²) in [5, 5.41) is 12.6. The van der Waals surface area contributed by atoms with E-state index in [0.717, 1.165) is 47.2 Å². The highest BCUT2D eigenvalue weighted by Gasteiger charge is 2.32. The molecule has 9 heteroatoms. The number of hydrogen-bond donors (Lipinski definition) is 0. The van der Waals surface area contributed by atoms with E-state index in [0.29, 0.717) is 24.9 Å². The van der Waals surface area contributed by atoms with Crippen LogP contribution in [0.2, 0.25) is 10.0 Å². The van der Waals surface area contributed by atoms with Gasteiger partial charge in [0.2, 0.25) is 0 Å². The lowest BCUT2D eigenvalue weighted by molar-refractivity contribution is -0.384. The minimum Gasteiger partial charge on any atom is -0.272 e. The fraction of sp³-hybridized carbons (Fsp3) is 0.133. The molecule has 1 aliphatic heterocycles. The summed E-state index contributed by atoms with van der Waals surface area (Å²) >= 11 is 13.6. The maximum Gasteiger partial charge on any atom is 0.271 e. The number of non-ortho nitro benzene ring substituents is 1. The SMILES string of the molecule is O=c1/c(=C\c2cccc([N+](=O)[O-])c2)sc2n1[C@@H](c1ccc(Cl)cc1)C1=C(N=2)/C(=C/c2ccc(Cl)cc2)CCC1. The summed E-state index contributed by atoms with van der Waals surface area (Å²) in [7, 11) is 0. The molecule has 3 aromatic carbocycles. The van der Waals surface area contributed by atoms with E-state index in [1.165, 1.54) is 23.5 Å². The summed E-state index contributed by atoms with van der Waals surface area (Å²) in [6.07, 6.45) is 6.48. The summed E-state index contributed by atoms with van der Waals surface area (Å²) in [5.74, 6) is 0. The third-order valence-electron chi connectivity index (χ3n) is 6.91. The quantitative estimate of drug-likeness (QED) is 0.201. The molecule has 0 spiro atoms. The smallest absolute Gasteiger partial charge is 0.271 e. The van der Waals surface area contributed by atoms with Gasteiger partial charge in [-0.3, -0.25) is 19.5 Å². The van der Waals surface area contributed by atoms with Crippen molar-refractivity contribution in [3.05, 3.63) is 146 Å². The molecular formula is C30H21Cl2N3O3S. The maximum atomic E-state index is 13.8. The zero-order valence-electron chi connectivity index (χ0n) is 20.5. The van der Waals surface area contributed by atoms with Gasteiger partial charge in [-0.2, -0.15) is 0 Å². The van der Waals surface area contributed by atoms with E-state index < -0.39 is 4.92 Å². The van der Waals surface area contributed by atoms with Crippen LogP contribution in [0.25, 0.3) is 12.2 Å². The summed E-state index contributed by atoms with van der Waals surface area (Å²) in [6, 6.07) is 21.2. The van der Waals surface area contributed by atoms with Gasteiger partial charge in [-0.1, -0.05) is 70.9 Å². The predicted octanol–water partition coefficient (Wildman–Crippen LogP) is 6.70. The first-order valence-corrected chi connectivity index (χ1v) is 14.0. The van der Waals surface area contributed by atoms with E-state index in [9.17, 15) is 14.9 Å². The average molecular weight is 574 g/mol. The van der Waals surface area contributed by atoms with Crippen molar-refractivity contribution < 1.29 is 4.92 Å². The molecule has 194 valence electrons. The lowest BCUT2D eigenvalue weighted by Gasteiger charge is -2.31. The Hall–Kier alpha value is -3.78. The van der Waals surface area contributed by atoms with Crippen molar-refractivity contribution in [2.75, 3.05) is 0 Å². The van der Waals surface area contributed by atoms with Crippen LogP contribution in [0.3, 0.4) is 0 Å². The van der Waals surface area contributed by atoms with Crippen molar-refractivity contribution in [2.45, 2.75) is 25.3 Å². The Labute approximate surface area is 237 Å². The third-order valence-corrected chi connectivity index (χ3v) is 8.40. The first-order valence-electron chi connectivity index (χ1n) is 12.4. The van der Waals surface area contributed by atoms with Gasteiger partial charge in [0, 0.05) is 22.2 Å². The average Bonchev–Trinajstić information content (AvgIpc) is 3.24. The van der Waals surface area contributed by atoms with Crippen LogP contribution in [0, 0.1) is 10.1 Å². The Morgan fingerprint density at radius 3 is 2.38 bits per heavy atom. The Morgan fingerprint density at radius 2 is 1.67 bits per heavy atom. The molecular weight excluding hydrogens is 553 g/mol. The number of nitro benzene ring substituents is 1. The lowest BCUT2D eigenvalue weighted by atomic mass is 9.84. The number of nitrogens with zero attached hydrogens (tertiary/aromatic N) is 3. The van der Waals surface area contributed by atoms with Crippen LogP contribution in [0.4, 0.5) is 5.69 Å². The summed E-state index contributed by atoms with van der Waals surface area (Å²) in [4.78, 5) is 30.3. The lowest BCUT2D eigenvalue weighted by Crippen LogP contribution is -2.39. The van der Waals surface area contributed by atoms with Crippen LogP contribution in [0.1, 0.15) is 42.0 Å². The Balaban J connectivity index is 1.56. The van der Waals surface area contributed by atoms with Crippen LogP contribution < -0.4 is 14.9 Å². The van der Waals surface area contributed by atoms with Gasteiger partial charge >= 0.3 is 0 Å². The number of allylic oxidation sites excluding steroid dienone is 2. The molecule has 0 radical (unpaired) electrons. The van der Waals surface area contributed by atoms with Crippen molar-refractivity contribution in [3.63, 3.8) is 0 Å². The second-order valence-electron chi connectivity index (χ2n) is 9.43. The molecule has 1 aliphatic carbocycles. The highest BCUT2D eigenvalue weighted by atomic mass is 35.5. The van der Waals surface area contributed by atoms with Gasteiger partial charge < -0.3 is 0 Å². The minimum atomic E-state index is -0.442. The van der Waals surface area contributed by atoms with Gasteiger partial charge in [0.1, 0.15) is 0 Å². The van der Waals surface area contributed by atoms with Crippen LogP contribution >= 0.6 is 34.5 Å². The number of hydrogen-bond acceptors (Lipinski definition) is 5. The summed E-state index contributed by atoms with van der Waals surface area (Å²) in [5.41, 5.74) is 5.51. The molecule has 2 heterocycles. The second-order valence-corrected chi connectivity index (χ2v) is 11.3. The molecule has 0 bridgehead atoms. The van der Waals surface area contributed by atoms with Gasteiger partial charge in [0.05, 0.1) is 21.2 Å². The Morgan fingerprint density at radius 1 is 0.949 bits per heavy atom. The topological polar surface area (TPSA) is 77.5 Å². The largest absolute Gasteiger partial charge is 0.272 e. The van der Waals surface area contributed by atoms with Crippen molar-refractivity contribution >= 4 is 52.4 Å². The van der Waals surface area contributed by atoms with Gasteiger partial charge in [-0.15, -0.1) is 0 Å². The summed E-state index contributed by atoms with van der Waals surface area (Å²) < 4.78 is 2.22. The van der Waals surface area contributed by atoms with E-state index in [4.69, 9.17) is 28.2 Å². The van der Waals surface area contributed by atoms with E-state index >= 15 is 0 Å². The van der Waals surface area contributed by atoms with Crippen LogP contribution in [-0.2, 0) is 0 Å². The number of thiazole rings is 1. The fourth-order valence-corrected chi connectivity index (χ4v) is 6.39. The highest BCUT2D eigenvalue weighted by Crippen LogP contribution is 2.41. The molecule has 4 aromatic rings. The molecule has 1 atom stereocenters. The van der Waals surface area contributed by atoms with Crippen molar-refractivity contribution in [2.24, 2.45) is 4.99 Å². The van der Waals surface area contributed by atoms with E-state index in [2.05, 4.69) is 6.08 Å². The molecule has 1 aromatic heterocycles. The molecule has 0 unspecified atom stereocenters. The van der Waals surface area contributed by atoms with Crippen LogP contribution in [-0.4, -0.2) is 9.49 Å². The standard InChI is InChI=1S/C30H21Cl2N3O3S/c31-22-11-7-18(8-12-22)15-21-4-2-6-25-27(21)33-30-34(28(25)20-9-13-23(32)14-10-20)29(36)26(39-30)17-19-3-1-5-24(16-19)35(37)38/h1,3,5,7-17,28H,2,4,6H2/b21-15+,26-17+/t28-/m0/s1. The molecule has 0 fully saturated rings. The first kappa shape index (κ1) is 25.5. The molecule has 0 amide bonds. The van der Waals surface area contributed by atoms with E-state index in [1.807, 2.05) is 48.5 Å². The molecule has 0 saturated carbocycles. The van der Waals surface area contributed by atoms with Crippen molar-refractivity contribution in [1.29, 1.82) is 0 Å². The van der Waals surface area contributed by atoms with Gasteiger partial charge in [-0.05, 0) is 83.5 Å². The zero-order chi connectivity index (χ0) is 27.1. The number of halogens is 2. The summed E-state index contributed by atoms with van der Waals surface area (Å²) in [6.45, 7) is 0. The van der Waals surface area contributed by atoms with E-state index in [-0.39, 0.29) is 17.3 Å². The first-order chi connectivity index (χ1) is 18.9. The van der Waals surface area contributed by atoms with Gasteiger partial charge in [-0.25, -0.2) is 4.99 Å². The number of fused-ring (bicyclic) bond motifs is 1. The normalized spacial score (nSPS) is 18.1. The van der Waals surface area contributed by atoms with Gasteiger partial charge in [0.25, 0.3) is 11.2 Å². The molecule has 6 rings (SSSR count). The minimum absolute atomic E-state index is 0.0250. The fourth-order valence-electron chi connectivity index (χ4n) is 5.14. The van der Waals surface area contributed by atoms with Crippen molar-refractivity contribution in [1.82, 2.24) is 4.57 Å². The number of aromatic nitrogens is 1. The van der Waals surface area contributed by atoms with E-state index in [1.54, 1.807) is 22.8 Å². The van der Waals surface area contributed by atoms with Crippen molar-refractivity contribution in [3.8, 4) is 0 Å². The number of nitro groups is 1. The van der Waals surface area contributed by atoms with Crippen LogP contribution in [0.5, 0.6) is 0 Å². The second kappa shape index (κ2) is 10.4. The Bertz CT molecular complexity index is 1850. The molecule has 0 N–H and O–H groups in total. The van der Waals surface area contributed by atoms with Gasteiger partial charge in [0.15, 0.2) is 4.80 Å². The molecule has 0 saturated heterocycles.